The summed E-state index contributed by atoms with van der Waals surface area (Å²) in [5.41, 5.74) is 0. The first kappa shape index (κ1) is 15.6. The Balaban J connectivity index is 2.41. The van der Waals surface area contributed by atoms with Crippen molar-refractivity contribution in [1.82, 2.24) is 14.9 Å². The predicted octanol–water partition coefficient (Wildman–Crippen LogP) is 2.19. The van der Waals surface area contributed by atoms with Crippen LogP contribution < -0.4 is 10.6 Å². The first-order chi connectivity index (χ1) is 9.21. The Morgan fingerprint density at radius 2 is 1.95 bits per heavy atom. The van der Waals surface area contributed by atoms with Gasteiger partial charge in [-0.25, -0.2) is 9.37 Å². The lowest BCUT2D eigenvalue weighted by Gasteiger charge is -2.17. The highest BCUT2D eigenvalue weighted by atomic mass is 19.1. The Kier molecular flexibility index (Phi) is 7.10. The highest BCUT2D eigenvalue weighted by molar-refractivity contribution is 5.40. The average Bonchev–Trinajstić information content (AvgIpc) is 2.42. The first-order valence-corrected chi connectivity index (χ1v) is 6.93. The molecule has 1 rings (SSSR count). The van der Waals surface area contributed by atoms with E-state index in [4.69, 9.17) is 0 Å². The lowest BCUT2D eigenvalue weighted by Crippen LogP contribution is -2.25. The summed E-state index contributed by atoms with van der Waals surface area (Å²) in [5, 5.41) is 5.99. The number of aromatic nitrogens is 2. The Labute approximate surface area is 114 Å². The van der Waals surface area contributed by atoms with Crippen LogP contribution in [0.1, 0.15) is 27.2 Å². The summed E-state index contributed by atoms with van der Waals surface area (Å²) in [6, 6.07) is 0. The van der Waals surface area contributed by atoms with E-state index in [2.05, 4.69) is 39.3 Å². The van der Waals surface area contributed by atoms with Crippen LogP contribution >= 0.6 is 0 Å². The van der Waals surface area contributed by atoms with Gasteiger partial charge in [0.15, 0.2) is 11.6 Å². The molecule has 1 aromatic heterocycles. The van der Waals surface area contributed by atoms with Gasteiger partial charge in [-0.3, -0.25) is 0 Å². The van der Waals surface area contributed by atoms with E-state index in [0.29, 0.717) is 19.0 Å². The van der Waals surface area contributed by atoms with Crippen LogP contribution in [0.15, 0.2) is 6.20 Å². The Morgan fingerprint density at radius 1 is 1.21 bits per heavy atom. The molecule has 2 N–H and O–H groups in total. The molecule has 0 fully saturated rings. The molecule has 6 heteroatoms. The third-order valence-electron chi connectivity index (χ3n) is 2.92. The summed E-state index contributed by atoms with van der Waals surface area (Å²) >= 11 is 0. The third kappa shape index (κ3) is 5.38. The summed E-state index contributed by atoms with van der Waals surface area (Å²) in [6.45, 7) is 10.7. The smallest absolute Gasteiger partial charge is 0.224 e. The van der Waals surface area contributed by atoms with Crippen LogP contribution in [-0.2, 0) is 0 Å². The van der Waals surface area contributed by atoms with Crippen LogP contribution in [0.25, 0.3) is 0 Å². The lowest BCUT2D eigenvalue weighted by atomic mass is 10.3. The molecule has 1 aromatic rings. The number of hydrogen-bond acceptors (Lipinski definition) is 5. The molecule has 108 valence electrons. The fourth-order valence-electron chi connectivity index (χ4n) is 1.78. The van der Waals surface area contributed by atoms with Crippen molar-refractivity contribution < 1.29 is 4.39 Å². The van der Waals surface area contributed by atoms with E-state index in [1.807, 2.05) is 6.92 Å². The molecule has 0 aliphatic carbocycles. The highest BCUT2D eigenvalue weighted by Crippen LogP contribution is 2.11. The third-order valence-corrected chi connectivity index (χ3v) is 2.92. The maximum atomic E-state index is 13.5. The van der Waals surface area contributed by atoms with Gasteiger partial charge >= 0.3 is 0 Å². The molecule has 0 saturated heterocycles. The van der Waals surface area contributed by atoms with E-state index in [-0.39, 0.29) is 5.82 Å². The zero-order valence-electron chi connectivity index (χ0n) is 12.0. The van der Waals surface area contributed by atoms with Gasteiger partial charge in [0, 0.05) is 13.1 Å². The van der Waals surface area contributed by atoms with Crippen molar-refractivity contribution in [3.63, 3.8) is 0 Å². The monoisotopic (exact) mass is 269 g/mol. The number of nitrogens with zero attached hydrogens (tertiary/aromatic N) is 3. The fourth-order valence-corrected chi connectivity index (χ4v) is 1.78. The topological polar surface area (TPSA) is 53.1 Å². The second kappa shape index (κ2) is 8.63. The predicted molar refractivity (Wildman–Crippen MR) is 77.0 cm³/mol. The largest absolute Gasteiger partial charge is 0.367 e. The van der Waals surface area contributed by atoms with Gasteiger partial charge in [-0.15, -0.1) is 0 Å². The molecule has 0 radical (unpaired) electrons. The highest BCUT2D eigenvalue weighted by Gasteiger charge is 2.06. The van der Waals surface area contributed by atoms with Gasteiger partial charge in [-0.05, 0) is 33.0 Å². The molecule has 0 saturated carbocycles. The molecular weight excluding hydrogens is 245 g/mol. The van der Waals surface area contributed by atoms with Gasteiger partial charge in [0.2, 0.25) is 5.95 Å². The van der Waals surface area contributed by atoms with E-state index in [0.717, 1.165) is 26.1 Å². The van der Waals surface area contributed by atoms with Crippen molar-refractivity contribution >= 4 is 11.8 Å². The van der Waals surface area contributed by atoms with E-state index in [1.54, 1.807) is 0 Å². The van der Waals surface area contributed by atoms with Gasteiger partial charge in [0.25, 0.3) is 0 Å². The summed E-state index contributed by atoms with van der Waals surface area (Å²) in [7, 11) is 0. The summed E-state index contributed by atoms with van der Waals surface area (Å²) in [6.07, 6.45) is 2.15. The molecule has 0 bridgehead atoms. The maximum Gasteiger partial charge on any atom is 0.224 e. The van der Waals surface area contributed by atoms with Crippen LogP contribution in [0.5, 0.6) is 0 Å². The molecule has 0 atom stereocenters. The summed E-state index contributed by atoms with van der Waals surface area (Å²) in [5.74, 6) is 0.310. The van der Waals surface area contributed by atoms with Crippen LogP contribution in [0.3, 0.4) is 0 Å². The van der Waals surface area contributed by atoms with Crippen LogP contribution in [0.4, 0.5) is 16.2 Å². The number of anilines is 2. The molecule has 0 aliphatic heterocycles. The Bertz CT molecular complexity index is 368. The lowest BCUT2D eigenvalue weighted by molar-refractivity contribution is 0.303. The zero-order chi connectivity index (χ0) is 14.1. The first-order valence-electron chi connectivity index (χ1n) is 6.93. The van der Waals surface area contributed by atoms with E-state index < -0.39 is 5.82 Å². The van der Waals surface area contributed by atoms with Gasteiger partial charge in [-0.1, -0.05) is 13.8 Å². The van der Waals surface area contributed by atoms with Crippen molar-refractivity contribution in [3.05, 3.63) is 12.0 Å². The van der Waals surface area contributed by atoms with E-state index >= 15 is 0 Å². The summed E-state index contributed by atoms with van der Waals surface area (Å²) < 4.78 is 13.5. The molecule has 0 amide bonds. The minimum Gasteiger partial charge on any atom is -0.367 e. The van der Waals surface area contributed by atoms with Crippen molar-refractivity contribution in [2.75, 3.05) is 43.4 Å². The second-order valence-electron chi connectivity index (χ2n) is 4.23. The van der Waals surface area contributed by atoms with Gasteiger partial charge in [0.1, 0.15) is 0 Å². The van der Waals surface area contributed by atoms with Crippen molar-refractivity contribution in [2.45, 2.75) is 27.2 Å². The number of nitrogens with one attached hydrogen (secondary N) is 2. The molecule has 0 aromatic carbocycles. The molecule has 0 unspecified atom stereocenters. The molecule has 19 heavy (non-hydrogen) atoms. The number of hydrogen-bond donors (Lipinski definition) is 2. The van der Waals surface area contributed by atoms with Crippen molar-refractivity contribution in [3.8, 4) is 0 Å². The van der Waals surface area contributed by atoms with Crippen LogP contribution in [0.2, 0.25) is 0 Å². The Morgan fingerprint density at radius 3 is 2.58 bits per heavy atom. The second-order valence-corrected chi connectivity index (χ2v) is 4.23. The van der Waals surface area contributed by atoms with Crippen LogP contribution in [-0.4, -0.2) is 47.6 Å². The molecule has 1 heterocycles. The van der Waals surface area contributed by atoms with Gasteiger partial charge in [-0.2, -0.15) is 4.98 Å². The van der Waals surface area contributed by atoms with E-state index in [9.17, 15) is 4.39 Å². The SMILES string of the molecule is CCNc1ncc(F)c(NCCCN(CC)CC)n1. The fraction of sp³-hybridized carbons (Fsp3) is 0.692. The zero-order valence-corrected chi connectivity index (χ0v) is 12.0. The molecular formula is C13H24FN5. The van der Waals surface area contributed by atoms with Crippen molar-refractivity contribution in [1.29, 1.82) is 0 Å². The normalized spacial score (nSPS) is 10.8. The van der Waals surface area contributed by atoms with Gasteiger partial charge in [0.05, 0.1) is 6.20 Å². The van der Waals surface area contributed by atoms with Crippen molar-refractivity contribution in [2.24, 2.45) is 0 Å². The van der Waals surface area contributed by atoms with Gasteiger partial charge < -0.3 is 15.5 Å². The maximum absolute atomic E-state index is 13.5. The minimum absolute atomic E-state index is 0.269. The Hall–Kier alpha value is -1.43. The summed E-state index contributed by atoms with van der Waals surface area (Å²) in [4.78, 5) is 10.3. The van der Waals surface area contributed by atoms with Crippen LogP contribution in [0, 0.1) is 5.82 Å². The molecule has 0 spiro atoms. The average molecular weight is 269 g/mol. The number of rotatable bonds is 9. The minimum atomic E-state index is -0.413. The van der Waals surface area contributed by atoms with E-state index in [1.165, 1.54) is 6.20 Å². The number of halogens is 1. The molecule has 0 aliphatic rings. The molecule has 5 nitrogen and oxygen atoms in total. The quantitative estimate of drug-likeness (QED) is 0.673. The standard InChI is InChI=1S/C13H24FN5/c1-4-15-13-17-10-11(14)12(18-13)16-8-7-9-19(5-2)6-3/h10H,4-9H2,1-3H3,(H2,15,16,17,18).